The Morgan fingerprint density at radius 2 is 2.12 bits per heavy atom. The number of hydrogen-bond acceptors (Lipinski definition) is 3. The molecule has 2 aliphatic rings. The molecule has 1 heterocycles. The van der Waals surface area contributed by atoms with Gasteiger partial charge in [-0.05, 0) is 55.6 Å². The van der Waals surface area contributed by atoms with Gasteiger partial charge in [-0.1, -0.05) is 18.6 Å². The molecule has 1 aromatic heterocycles. The van der Waals surface area contributed by atoms with E-state index in [0.717, 1.165) is 30.7 Å². The van der Waals surface area contributed by atoms with Gasteiger partial charge >= 0.3 is 0 Å². The number of benzene rings is 1. The van der Waals surface area contributed by atoms with Gasteiger partial charge in [-0.25, -0.2) is 0 Å². The lowest BCUT2D eigenvalue weighted by atomic mass is 9.86. The van der Waals surface area contributed by atoms with Crippen molar-refractivity contribution in [3.05, 3.63) is 40.7 Å². The van der Waals surface area contributed by atoms with Gasteiger partial charge in [0.15, 0.2) is 0 Å². The van der Waals surface area contributed by atoms with Crippen molar-refractivity contribution in [2.24, 2.45) is 17.8 Å². The van der Waals surface area contributed by atoms with Crippen LogP contribution in [0.5, 0.6) is 0 Å². The van der Waals surface area contributed by atoms with E-state index in [4.69, 9.17) is 0 Å². The highest BCUT2D eigenvalue weighted by molar-refractivity contribution is 5.81. The second-order valence-corrected chi connectivity index (χ2v) is 7.26. The van der Waals surface area contributed by atoms with Gasteiger partial charge in [0, 0.05) is 11.9 Å². The fourth-order valence-corrected chi connectivity index (χ4v) is 4.61. The Labute approximate surface area is 141 Å². The maximum absolute atomic E-state index is 12.2. The number of carbonyl (C=O) groups excluding carboxylic acids is 1. The molecule has 1 aromatic carbocycles. The third-order valence-corrected chi connectivity index (χ3v) is 5.78. The van der Waals surface area contributed by atoms with Gasteiger partial charge in [-0.15, -0.1) is 0 Å². The fourth-order valence-electron chi connectivity index (χ4n) is 4.61. The molecule has 0 aliphatic heterocycles. The summed E-state index contributed by atoms with van der Waals surface area (Å²) in [6.45, 7) is 0.891. The Bertz CT molecular complexity index is 814. The zero-order valence-corrected chi connectivity index (χ0v) is 13.8. The second kappa shape index (κ2) is 6.38. The number of amides is 1. The number of rotatable bonds is 5. The Kier molecular flexibility index (Phi) is 4.08. The van der Waals surface area contributed by atoms with Gasteiger partial charge in [0.1, 0.15) is 6.54 Å². The number of para-hydroxylation sites is 1. The van der Waals surface area contributed by atoms with Gasteiger partial charge in [0.05, 0.1) is 11.7 Å². The number of hydrogen-bond donors (Lipinski definition) is 1. The summed E-state index contributed by atoms with van der Waals surface area (Å²) in [5.41, 5.74) is 0.590. The fraction of sp³-hybridized carbons (Fsp3) is 0.526. The molecule has 3 atom stereocenters. The van der Waals surface area contributed by atoms with Crippen LogP contribution in [-0.4, -0.2) is 22.2 Å². The SMILES string of the molecule is O=C(Cn1ncc(=O)c2ccccc21)NCC[C@@H]1C[C@H]2CC[C@H]1C2. The third-order valence-electron chi connectivity index (χ3n) is 5.78. The number of nitrogens with one attached hydrogen (secondary N) is 1. The van der Waals surface area contributed by atoms with E-state index in [2.05, 4.69) is 10.4 Å². The predicted octanol–water partition coefficient (Wildman–Crippen LogP) is 2.34. The monoisotopic (exact) mass is 325 g/mol. The number of carbonyl (C=O) groups is 1. The summed E-state index contributed by atoms with van der Waals surface area (Å²) in [6, 6.07) is 7.27. The zero-order chi connectivity index (χ0) is 16.5. The van der Waals surface area contributed by atoms with E-state index < -0.39 is 0 Å². The molecule has 0 radical (unpaired) electrons. The van der Waals surface area contributed by atoms with Crippen LogP contribution >= 0.6 is 0 Å². The van der Waals surface area contributed by atoms with Crippen LogP contribution in [0, 0.1) is 17.8 Å². The van der Waals surface area contributed by atoms with Crippen molar-refractivity contribution in [2.45, 2.75) is 38.6 Å². The highest BCUT2D eigenvalue weighted by Gasteiger charge is 2.38. The number of aromatic nitrogens is 2. The summed E-state index contributed by atoms with van der Waals surface area (Å²) in [5, 5.41) is 7.72. The summed E-state index contributed by atoms with van der Waals surface area (Å²) in [5.74, 6) is 2.61. The van der Waals surface area contributed by atoms with Crippen LogP contribution in [0.2, 0.25) is 0 Å². The van der Waals surface area contributed by atoms with E-state index in [-0.39, 0.29) is 17.9 Å². The van der Waals surface area contributed by atoms with Crippen molar-refractivity contribution in [1.29, 1.82) is 0 Å². The zero-order valence-electron chi connectivity index (χ0n) is 13.8. The standard InChI is InChI=1S/C19H23N3O2/c23-18-11-21-22(17-4-2-1-3-16(17)18)12-19(24)20-8-7-15-10-13-5-6-14(15)9-13/h1-4,11,13-15H,5-10,12H2,(H,20,24)/t13-,14-,15+/m0/s1. The van der Waals surface area contributed by atoms with Crippen LogP contribution in [0.15, 0.2) is 35.3 Å². The molecule has 2 aliphatic carbocycles. The molecular weight excluding hydrogens is 302 g/mol. The topological polar surface area (TPSA) is 64.0 Å². The Morgan fingerprint density at radius 3 is 2.92 bits per heavy atom. The van der Waals surface area contributed by atoms with Crippen LogP contribution in [0.3, 0.4) is 0 Å². The first-order valence-electron chi connectivity index (χ1n) is 8.92. The smallest absolute Gasteiger partial charge is 0.241 e. The van der Waals surface area contributed by atoms with Crippen molar-refractivity contribution in [3.63, 3.8) is 0 Å². The van der Waals surface area contributed by atoms with Gasteiger partial charge in [-0.2, -0.15) is 5.10 Å². The minimum Gasteiger partial charge on any atom is -0.354 e. The predicted molar refractivity (Wildman–Crippen MR) is 92.6 cm³/mol. The van der Waals surface area contributed by atoms with Crippen LogP contribution in [0.4, 0.5) is 0 Å². The summed E-state index contributed by atoms with van der Waals surface area (Å²) in [4.78, 5) is 24.0. The van der Waals surface area contributed by atoms with Crippen LogP contribution in [-0.2, 0) is 11.3 Å². The maximum atomic E-state index is 12.2. The van der Waals surface area contributed by atoms with Crippen molar-refractivity contribution in [2.75, 3.05) is 6.54 Å². The van der Waals surface area contributed by atoms with Gasteiger partial charge in [0.25, 0.3) is 0 Å². The van der Waals surface area contributed by atoms with E-state index in [9.17, 15) is 9.59 Å². The van der Waals surface area contributed by atoms with Gasteiger partial charge in [0.2, 0.25) is 11.3 Å². The van der Waals surface area contributed by atoms with Gasteiger partial charge < -0.3 is 5.32 Å². The molecule has 0 spiro atoms. The summed E-state index contributed by atoms with van der Waals surface area (Å²) in [6.07, 6.45) is 7.93. The van der Waals surface area contributed by atoms with E-state index >= 15 is 0 Å². The molecule has 24 heavy (non-hydrogen) atoms. The molecule has 2 bridgehead atoms. The summed E-state index contributed by atoms with van der Waals surface area (Å²) in [7, 11) is 0. The minimum absolute atomic E-state index is 0.0422. The molecule has 4 rings (SSSR count). The summed E-state index contributed by atoms with van der Waals surface area (Å²) >= 11 is 0. The highest BCUT2D eigenvalue weighted by atomic mass is 16.2. The number of nitrogens with zero attached hydrogens (tertiary/aromatic N) is 2. The van der Waals surface area contributed by atoms with E-state index in [1.54, 1.807) is 10.7 Å². The molecule has 126 valence electrons. The second-order valence-electron chi connectivity index (χ2n) is 7.26. The molecule has 2 aromatic rings. The molecule has 5 nitrogen and oxygen atoms in total. The van der Waals surface area contributed by atoms with Crippen molar-refractivity contribution in [1.82, 2.24) is 15.1 Å². The lowest BCUT2D eigenvalue weighted by Gasteiger charge is -2.21. The van der Waals surface area contributed by atoms with Gasteiger partial charge in [-0.3, -0.25) is 14.3 Å². The van der Waals surface area contributed by atoms with Crippen LogP contribution < -0.4 is 10.7 Å². The Balaban J connectivity index is 1.35. The Hall–Kier alpha value is -2.17. The molecular formula is C19H23N3O2. The minimum atomic E-state index is -0.112. The first kappa shape index (κ1) is 15.4. The van der Waals surface area contributed by atoms with Crippen molar-refractivity contribution < 1.29 is 4.79 Å². The largest absolute Gasteiger partial charge is 0.354 e. The van der Waals surface area contributed by atoms with Crippen LogP contribution in [0.25, 0.3) is 10.9 Å². The highest BCUT2D eigenvalue weighted by Crippen LogP contribution is 2.49. The third kappa shape index (κ3) is 2.95. The number of fused-ring (bicyclic) bond motifs is 3. The molecule has 1 amide bonds. The normalized spacial score (nSPS) is 25.2. The molecule has 1 N–H and O–H groups in total. The molecule has 2 saturated carbocycles. The first-order valence-corrected chi connectivity index (χ1v) is 8.92. The van der Waals surface area contributed by atoms with E-state index in [1.807, 2.05) is 18.2 Å². The molecule has 0 unspecified atom stereocenters. The average Bonchev–Trinajstić information content (AvgIpc) is 3.21. The van der Waals surface area contributed by atoms with E-state index in [1.165, 1.54) is 31.9 Å². The average molecular weight is 325 g/mol. The quantitative estimate of drug-likeness (QED) is 0.918. The van der Waals surface area contributed by atoms with E-state index in [0.29, 0.717) is 10.9 Å². The van der Waals surface area contributed by atoms with Crippen LogP contribution in [0.1, 0.15) is 32.1 Å². The maximum Gasteiger partial charge on any atom is 0.241 e. The lowest BCUT2D eigenvalue weighted by Crippen LogP contribution is -2.31. The first-order chi connectivity index (χ1) is 11.7. The Morgan fingerprint density at radius 1 is 1.25 bits per heavy atom. The molecule has 5 heteroatoms. The summed E-state index contributed by atoms with van der Waals surface area (Å²) < 4.78 is 1.60. The molecule has 2 fully saturated rings. The van der Waals surface area contributed by atoms with Crippen molar-refractivity contribution in [3.8, 4) is 0 Å². The van der Waals surface area contributed by atoms with Crippen molar-refractivity contribution >= 4 is 16.8 Å². The lowest BCUT2D eigenvalue weighted by molar-refractivity contribution is -0.121. The molecule has 0 saturated heterocycles.